The Morgan fingerprint density at radius 3 is 1.94 bits per heavy atom. The van der Waals surface area contributed by atoms with Crippen molar-refractivity contribution in [2.45, 2.75) is 95.4 Å². The van der Waals surface area contributed by atoms with E-state index in [0.717, 1.165) is 19.3 Å². The first-order chi connectivity index (χ1) is 23.4. The number of nitrogen functional groups attached to an aromatic ring is 2. The van der Waals surface area contributed by atoms with E-state index in [2.05, 4.69) is 35.2 Å². The van der Waals surface area contributed by atoms with Crippen LogP contribution in [0.3, 0.4) is 0 Å². The molecule has 1 unspecified atom stereocenters. The first kappa shape index (κ1) is 38.2. The van der Waals surface area contributed by atoms with Gasteiger partial charge in [-0.15, -0.1) is 0 Å². The number of ether oxygens (including phenoxy) is 2. The summed E-state index contributed by atoms with van der Waals surface area (Å²) in [5, 5.41) is 3.50. The van der Waals surface area contributed by atoms with Crippen molar-refractivity contribution in [3.05, 3.63) is 17.8 Å². The molecule has 0 bridgehead atoms. The molecule has 0 amide bonds. The van der Waals surface area contributed by atoms with Crippen molar-refractivity contribution in [2.24, 2.45) is 0 Å². The summed E-state index contributed by atoms with van der Waals surface area (Å²) in [5.41, 5.74) is 13.7. The lowest BCUT2D eigenvalue weighted by Crippen LogP contribution is -2.20. The Hall–Kier alpha value is -3.03. The van der Waals surface area contributed by atoms with Crippen LogP contribution in [0.1, 0.15) is 52.4 Å². The van der Waals surface area contributed by atoms with Crippen molar-refractivity contribution < 1.29 is 37.4 Å². The zero-order valence-electron chi connectivity index (χ0n) is 27.9. The molecule has 6 heterocycles. The zero-order chi connectivity index (χ0) is 34.9. The van der Waals surface area contributed by atoms with Crippen LogP contribution in [0, 0.1) is 0 Å². The predicted molar refractivity (Wildman–Crippen MR) is 184 cm³/mol. The fourth-order valence-electron chi connectivity index (χ4n) is 5.79. The SMILES string of the molecule is CCOP(=O)(OCC)[C@@H]1CC[C@@H](Cn2cnc3c(Cl)nc(N)nc32)O1.Nc1nc(NC2CC2)c2ncn(C[C@@H]3CC[C@@H](P(=O)([O-])O)O3)c2n1.[NH4+]. The van der Waals surface area contributed by atoms with Crippen molar-refractivity contribution in [3.63, 3.8) is 0 Å². The van der Waals surface area contributed by atoms with Gasteiger partial charge in [-0.3, -0.25) is 4.57 Å². The highest BCUT2D eigenvalue weighted by Crippen LogP contribution is 2.57. The van der Waals surface area contributed by atoms with Crippen LogP contribution in [0.25, 0.3) is 22.3 Å². The number of imidazole rings is 2. The quantitative estimate of drug-likeness (QED) is 0.102. The van der Waals surface area contributed by atoms with Crippen LogP contribution < -0.4 is 27.8 Å². The van der Waals surface area contributed by atoms with Crippen molar-refractivity contribution in [3.8, 4) is 0 Å². The van der Waals surface area contributed by atoms with Gasteiger partial charge in [-0.25, -0.2) is 9.97 Å². The molecule has 0 aromatic carbocycles. The molecule has 4 aromatic heterocycles. The van der Waals surface area contributed by atoms with Crippen molar-refractivity contribution >= 4 is 66.8 Å². The molecule has 7 rings (SSSR count). The van der Waals surface area contributed by atoms with Crippen LogP contribution in [0.5, 0.6) is 0 Å². The van der Waals surface area contributed by atoms with Crippen molar-refractivity contribution in [1.82, 2.24) is 45.2 Å². The van der Waals surface area contributed by atoms with Gasteiger partial charge in [0.2, 0.25) is 11.9 Å². The van der Waals surface area contributed by atoms with E-state index >= 15 is 0 Å². The van der Waals surface area contributed by atoms with Gasteiger partial charge in [-0.05, 0) is 52.4 Å². The first-order valence-electron chi connectivity index (χ1n) is 16.0. The van der Waals surface area contributed by atoms with Gasteiger partial charge in [0.1, 0.15) is 11.4 Å². The van der Waals surface area contributed by atoms with Gasteiger partial charge in [0, 0.05) is 6.04 Å². The van der Waals surface area contributed by atoms with Crippen LogP contribution in [0.15, 0.2) is 12.7 Å². The highest BCUT2D eigenvalue weighted by atomic mass is 35.5. The molecule has 276 valence electrons. The van der Waals surface area contributed by atoms with E-state index in [1.54, 1.807) is 35.6 Å². The number of aromatic nitrogens is 8. The molecular weight excluding hydrogens is 718 g/mol. The maximum Gasteiger partial charge on any atom is 0.359 e. The molecule has 0 radical (unpaired) electrons. The molecule has 20 nitrogen and oxygen atoms in total. The molecule has 2 aliphatic heterocycles. The maximum atomic E-state index is 12.8. The second-order valence-electron chi connectivity index (χ2n) is 11.9. The van der Waals surface area contributed by atoms with E-state index in [-0.39, 0.29) is 41.8 Å². The summed E-state index contributed by atoms with van der Waals surface area (Å²) in [6.07, 6.45) is 7.07. The number of rotatable bonds is 12. The minimum atomic E-state index is -4.47. The van der Waals surface area contributed by atoms with Crippen LogP contribution in [0.2, 0.25) is 5.15 Å². The number of quaternary nitrogens is 1. The van der Waals surface area contributed by atoms with E-state index in [1.807, 2.05) is 0 Å². The molecule has 5 atom stereocenters. The van der Waals surface area contributed by atoms with Crippen LogP contribution >= 0.6 is 26.8 Å². The van der Waals surface area contributed by atoms with Crippen LogP contribution in [0.4, 0.5) is 17.7 Å². The fraction of sp³-hybridized carbons (Fsp3) is 0.630. The molecule has 3 aliphatic rings. The average Bonchev–Trinajstić information content (AvgIpc) is 3.43. The number of halogens is 1. The lowest BCUT2D eigenvalue weighted by atomic mass is 10.2. The molecular formula is C27H43ClN12O8P2. The van der Waals surface area contributed by atoms with E-state index in [0.29, 0.717) is 73.3 Å². The van der Waals surface area contributed by atoms with E-state index < -0.39 is 26.9 Å². The zero-order valence-corrected chi connectivity index (χ0v) is 30.5. The number of nitrogens with one attached hydrogen (secondary N) is 1. The topological polar surface area (TPSA) is 302 Å². The van der Waals surface area contributed by atoms with Gasteiger partial charge in [0.15, 0.2) is 41.2 Å². The molecule has 1 saturated carbocycles. The highest BCUT2D eigenvalue weighted by molar-refractivity contribution is 7.54. The minimum absolute atomic E-state index is 0. The first-order valence-corrected chi connectivity index (χ1v) is 19.6. The lowest BCUT2D eigenvalue weighted by Gasteiger charge is -2.23. The Bertz CT molecular complexity index is 1880. The van der Waals surface area contributed by atoms with E-state index in [4.69, 9.17) is 46.5 Å². The predicted octanol–water partition coefficient (Wildman–Crippen LogP) is 3.24. The molecule has 2 saturated heterocycles. The molecule has 10 N–H and O–H groups in total. The average molecular weight is 761 g/mol. The summed E-state index contributed by atoms with van der Waals surface area (Å²) < 4.78 is 49.7. The van der Waals surface area contributed by atoms with E-state index in [9.17, 15) is 14.0 Å². The number of nitrogens with two attached hydrogens (primary N) is 2. The number of nitrogens with zero attached hydrogens (tertiary/aromatic N) is 8. The highest BCUT2D eigenvalue weighted by Gasteiger charge is 2.42. The van der Waals surface area contributed by atoms with Crippen LogP contribution in [-0.4, -0.2) is 87.1 Å². The number of fused-ring (bicyclic) bond motifs is 2. The summed E-state index contributed by atoms with van der Waals surface area (Å²) in [6.45, 7) is 5.04. The molecule has 23 heteroatoms. The Kier molecular flexibility index (Phi) is 12.0. The number of hydrogen-bond acceptors (Lipinski definition) is 16. The summed E-state index contributed by atoms with van der Waals surface area (Å²) in [6, 6.07) is 0.405. The van der Waals surface area contributed by atoms with Gasteiger partial charge in [-0.2, -0.15) is 19.9 Å². The summed E-state index contributed by atoms with van der Waals surface area (Å²) in [5.74, 6) is -0.846. The van der Waals surface area contributed by atoms with Gasteiger partial charge in [0.25, 0.3) is 0 Å². The molecule has 1 aliphatic carbocycles. The summed E-state index contributed by atoms with van der Waals surface area (Å²) >= 11 is 6.04. The molecule has 50 heavy (non-hydrogen) atoms. The van der Waals surface area contributed by atoms with Gasteiger partial charge in [0.05, 0.1) is 51.2 Å². The maximum absolute atomic E-state index is 12.8. The minimum Gasteiger partial charge on any atom is -0.777 e. The van der Waals surface area contributed by atoms with Gasteiger partial charge in [-0.1, -0.05) is 11.6 Å². The second-order valence-corrected chi connectivity index (χ2v) is 16.1. The Balaban J connectivity index is 0.000000191. The van der Waals surface area contributed by atoms with Gasteiger partial charge >= 0.3 is 7.60 Å². The largest absolute Gasteiger partial charge is 0.777 e. The monoisotopic (exact) mass is 760 g/mol. The third kappa shape index (κ3) is 8.70. The number of hydrogen-bond donors (Lipinski definition) is 5. The Labute approximate surface area is 292 Å². The molecule has 0 spiro atoms. The van der Waals surface area contributed by atoms with Crippen LogP contribution in [-0.2, 0) is 40.7 Å². The van der Waals surface area contributed by atoms with Gasteiger partial charge < -0.3 is 64.9 Å². The van der Waals surface area contributed by atoms with Crippen molar-refractivity contribution in [1.29, 1.82) is 0 Å². The Morgan fingerprint density at radius 2 is 1.40 bits per heavy atom. The molecule has 3 fully saturated rings. The lowest BCUT2D eigenvalue weighted by molar-refractivity contribution is -0.204. The standard InChI is InChI=1S/C14H21ClN5O4P.C13H19N6O4P.H3N/c1-3-22-25(21,23-4-2)10-6-5-9(24-10)7-20-8-17-11-12(15)18-14(16)19-13(11)20;14-13-17-11(16-7-1-2-7)10-12(18-13)19(6-15-10)5-8-3-4-9(23-8)24(20,21)22;/h8-10H,3-7H2,1-2H3,(H2,16,18,19);6-9H,1-5H2,(H2,20,21,22)(H3,14,16,17,18);1H3/t9-,10+;8-,9+;/m00./s1. The third-order valence-electron chi connectivity index (χ3n) is 8.14. The summed E-state index contributed by atoms with van der Waals surface area (Å²) in [7, 11) is -7.74. The fourth-order valence-corrected chi connectivity index (χ4v) is 8.73. The Morgan fingerprint density at radius 1 is 0.880 bits per heavy atom. The van der Waals surface area contributed by atoms with E-state index in [1.165, 1.54) is 0 Å². The normalized spacial score (nSPS) is 23.4. The third-order valence-corrected chi connectivity index (χ3v) is 11.8. The second kappa shape index (κ2) is 15.7. The number of anilines is 3. The van der Waals surface area contributed by atoms with Crippen molar-refractivity contribution in [2.75, 3.05) is 30.0 Å². The molecule has 4 aromatic rings. The smallest absolute Gasteiger partial charge is 0.359 e. The summed E-state index contributed by atoms with van der Waals surface area (Å²) in [4.78, 5) is 45.4.